The van der Waals surface area contributed by atoms with Crippen LogP contribution in [0.1, 0.15) is 113 Å². The zero-order valence-corrected chi connectivity index (χ0v) is 42.8. The summed E-state index contributed by atoms with van der Waals surface area (Å²) in [5, 5.41) is 14.4. The molecule has 0 saturated heterocycles. The average molecular weight is 976 g/mol. The van der Waals surface area contributed by atoms with E-state index in [1.807, 2.05) is 77.4 Å². The lowest BCUT2D eigenvalue weighted by Gasteiger charge is -2.30. The Kier molecular flexibility index (Phi) is 16.2. The van der Waals surface area contributed by atoms with E-state index in [1.165, 1.54) is 6.07 Å². The Morgan fingerprint density at radius 3 is 1.45 bits per heavy atom. The third-order valence-electron chi connectivity index (χ3n) is 10.5. The van der Waals surface area contributed by atoms with Crippen molar-refractivity contribution in [2.24, 2.45) is 9.98 Å². The molecule has 71 heavy (non-hydrogen) atoms. The zero-order chi connectivity index (χ0) is 51.9. The lowest BCUT2D eigenvalue weighted by molar-refractivity contribution is 0.0536. The predicted octanol–water partition coefficient (Wildman–Crippen LogP) is 10.6. The van der Waals surface area contributed by atoms with Crippen molar-refractivity contribution >= 4 is 47.4 Å². The summed E-state index contributed by atoms with van der Waals surface area (Å²) in [6.07, 6.45) is 1.75. The first-order valence-corrected chi connectivity index (χ1v) is 23.6. The first-order chi connectivity index (χ1) is 33.2. The predicted molar refractivity (Wildman–Crippen MR) is 271 cm³/mol. The minimum atomic E-state index is -0.862. The van der Waals surface area contributed by atoms with E-state index in [9.17, 15) is 19.2 Å². The summed E-state index contributed by atoms with van der Waals surface area (Å²) < 4.78 is 40.0. The van der Waals surface area contributed by atoms with Crippen molar-refractivity contribution in [2.75, 3.05) is 26.2 Å². The Morgan fingerprint density at radius 1 is 0.577 bits per heavy atom. The highest BCUT2D eigenvalue weighted by Gasteiger charge is 2.28. The molecule has 6 rings (SSSR count). The molecule has 0 atom stereocenters. The number of carbonyl (C=O) groups excluding carboxylic acids is 4. The Morgan fingerprint density at radius 2 is 1.01 bits per heavy atom. The van der Waals surface area contributed by atoms with Gasteiger partial charge in [0.25, 0.3) is 0 Å². The summed E-state index contributed by atoms with van der Waals surface area (Å²) in [6, 6.07) is 22.8. The molecule has 17 nitrogen and oxygen atoms in total. The van der Waals surface area contributed by atoms with Gasteiger partial charge in [-0.3, -0.25) is 10.6 Å². The van der Waals surface area contributed by atoms with Gasteiger partial charge < -0.3 is 33.3 Å². The third kappa shape index (κ3) is 15.8. The molecule has 2 N–H and O–H groups in total. The van der Waals surface area contributed by atoms with E-state index in [2.05, 4.69) is 30.8 Å². The van der Waals surface area contributed by atoms with Crippen molar-refractivity contribution in [1.29, 1.82) is 0 Å². The SMILES string of the molecule is CC(C)(C)OC(=O)N=C(NC(=O)OC(C)(C)C)N1CC=C(c2ccc(-c3nnc(-c4ccc(C5=CCN(C(=NC(=O)OC(C)(C)C)NC(=O)OC(C)(C)C)CC5)cc4F)n3Cc3ccccc3)cc2)CC1. The van der Waals surface area contributed by atoms with Crippen molar-refractivity contribution in [1.82, 2.24) is 35.2 Å². The van der Waals surface area contributed by atoms with Gasteiger partial charge in [0.1, 0.15) is 28.2 Å². The topological polar surface area (TPSA) is 191 Å². The zero-order valence-electron chi connectivity index (χ0n) is 42.8. The lowest BCUT2D eigenvalue weighted by Crippen LogP contribution is -2.48. The van der Waals surface area contributed by atoms with Crippen molar-refractivity contribution in [3.8, 4) is 22.8 Å². The van der Waals surface area contributed by atoms with Crippen molar-refractivity contribution in [2.45, 2.75) is 125 Å². The maximum atomic E-state index is 16.5. The minimum absolute atomic E-state index is 0.0141. The molecular weight excluding hydrogens is 910 g/mol. The van der Waals surface area contributed by atoms with E-state index < -0.39 is 52.6 Å². The van der Waals surface area contributed by atoms with Crippen LogP contribution in [-0.2, 0) is 25.5 Å². The fourth-order valence-corrected chi connectivity index (χ4v) is 7.50. The summed E-state index contributed by atoms with van der Waals surface area (Å²) in [6.45, 7) is 22.6. The van der Waals surface area contributed by atoms with Gasteiger partial charge in [-0.1, -0.05) is 72.8 Å². The minimum Gasteiger partial charge on any atom is -0.444 e. The summed E-state index contributed by atoms with van der Waals surface area (Å²) >= 11 is 0. The summed E-state index contributed by atoms with van der Waals surface area (Å²) in [5.41, 5.74) is 2.49. The molecule has 2 aliphatic rings. The number of carbonyl (C=O) groups is 4. The molecule has 0 unspecified atom stereocenters. The van der Waals surface area contributed by atoms with Gasteiger partial charge in [-0.15, -0.1) is 20.2 Å². The van der Waals surface area contributed by atoms with Crippen LogP contribution < -0.4 is 10.6 Å². The van der Waals surface area contributed by atoms with Gasteiger partial charge >= 0.3 is 24.4 Å². The second-order valence-corrected chi connectivity index (χ2v) is 21.1. The second kappa shape index (κ2) is 21.7. The molecule has 0 bridgehead atoms. The number of benzene rings is 3. The number of nitrogens with zero attached hydrogens (tertiary/aromatic N) is 7. The number of nitrogens with one attached hydrogen (secondary N) is 2. The van der Waals surface area contributed by atoms with Crippen LogP contribution in [0.3, 0.4) is 0 Å². The highest BCUT2D eigenvalue weighted by atomic mass is 19.1. The van der Waals surface area contributed by atoms with Crippen molar-refractivity contribution in [3.05, 3.63) is 107 Å². The maximum Gasteiger partial charge on any atom is 0.437 e. The lowest BCUT2D eigenvalue weighted by atomic mass is 9.97. The number of halogens is 1. The first-order valence-electron chi connectivity index (χ1n) is 23.6. The fraction of sp³-hybridized carbons (Fsp3) is 0.434. The van der Waals surface area contributed by atoms with E-state index in [0.29, 0.717) is 56.2 Å². The van der Waals surface area contributed by atoms with Crippen LogP contribution in [0.5, 0.6) is 0 Å². The second-order valence-electron chi connectivity index (χ2n) is 21.1. The molecule has 0 spiro atoms. The molecule has 2 aliphatic heterocycles. The van der Waals surface area contributed by atoms with Gasteiger partial charge in [-0.05, 0) is 136 Å². The van der Waals surface area contributed by atoms with E-state index in [-0.39, 0.29) is 24.0 Å². The van der Waals surface area contributed by atoms with Gasteiger partial charge in [-0.2, -0.15) is 0 Å². The highest BCUT2D eigenvalue weighted by molar-refractivity contribution is 6.00. The normalized spacial score (nSPS) is 15.1. The number of guanidine groups is 2. The van der Waals surface area contributed by atoms with Crippen LogP contribution in [0.15, 0.2) is 94.9 Å². The van der Waals surface area contributed by atoms with Crippen molar-refractivity contribution < 1.29 is 42.5 Å². The molecule has 1 aromatic heterocycles. The Balaban J connectivity index is 1.22. The molecular formula is C53H66FN9O8. The number of amides is 4. The molecule has 3 heterocycles. The summed E-state index contributed by atoms with van der Waals surface area (Å²) in [4.78, 5) is 62.7. The number of alkyl carbamates (subject to hydrolysis) is 2. The van der Waals surface area contributed by atoms with E-state index in [1.54, 1.807) is 99.0 Å². The summed E-state index contributed by atoms with van der Waals surface area (Å²) in [5.74, 6) is 0.450. The smallest absolute Gasteiger partial charge is 0.437 e. The molecule has 0 fully saturated rings. The van der Waals surface area contributed by atoms with Gasteiger partial charge in [0.2, 0.25) is 11.9 Å². The van der Waals surface area contributed by atoms with Gasteiger partial charge in [-0.25, -0.2) is 23.6 Å². The van der Waals surface area contributed by atoms with Gasteiger partial charge in [0.15, 0.2) is 11.6 Å². The number of ether oxygens (including phenoxy) is 4. The third-order valence-corrected chi connectivity index (χ3v) is 10.5. The monoisotopic (exact) mass is 976 g/mol. The van der Waals surface area contributed by atoms with Crippen LogP contribution in [0.2, 0.25) is 0 Å². The van der Waals surface area contributed by atoms with Crippen LogP contribution in [-0.4, -0.2) is 109 Å². The Hall–Kier alpha value is -7.37. The quantitative estimate of drug-likeness (QED) is 0.106. The molecule has 0 radical (unpaired) electrons. The average Bonchev–Trinajstić information content (AvgIpc) is 3.66. The van der Waals surface area contributed by atoms with E-state index in [0.717, 1.165) is 27.8 Å². The molecule has 0 aliphatic carbocycles. The van der Waals surface area contributed by atoms with Gasteiger partial charge in [0, 0.05) is 31.7 Å². The molecule has 3 aromatic carbocycles. The highest BCUT2D eigenvalue weighted by Crippen LogP contribution is 2.32. The molecule has 0 saturated carbocycles. The standard InChI is InChI=1S/C53H66FN9O8/c1-50(2,3)68-46(64)55-44(56-47(65)69-51(4,5)6)61-28-24-36(25-29-61)35-18-20-38(21-19-35)42-59-60-43(63(42)33-34-16-14-13-15-17-34)40-23-22-39(32-41(40)54)37-26-30-62(31-27-37)45(57-48(66)70-52(7,8)9)58-49(67)71-53(10,11)12/h13-24,26,32H,25,27-31,33H2,1-12H3,(H,55,56,64,65)(H,57,58,66,67). The van der Waals surface area contributed by atoms with Crippen LogP contribution >= 0.6 is 0 Å². The molecule has 4 amide bonds. The molecule has 378 valence electrons. The number of hydrogen-bond acceptors (Lipinski definition) is 10. The van der Waals surface area contributed by atoms with Crippen LogP contribution in [0, 0.1) is 5.82 Å². The van der Waals surface area contributed by atoms with Crippen molar-refractivity contribution in [3.63, 3.8) is 0 Å². The van der Waals surface area contributed by atoms with Gasteiger partial charge in [0.05, 0.1) is 12.1 Å². The van der Waals surface area contributed by atoms with Crippen LogP contribution in [0.4, 0.5) is 23.6 Å². The molecule has 4 aromatic rings. The maximum absolute atomic E-state index is 16.5. The molecule has 18 heteroatoms. The van der Waals surface area contributed by atoms with Crippen LogP contribution in [0.25, 0.3) is 33.9 Å². The fourth-order valence-electron chi connectivity index (χ4n) is 7.50. The summed E-state index contributed by atoms with van der Waals surface area (Å²) in [7, 11) is 0. The Labute approximate surface area is 415 Å². The number of rotatable bonds is 6. The first kappa shape index (κ1) is 53.0. The Bertz CT molecular complexity index is 2720. The van der Waals surface area contributed by atoms with E-state index >= 15 is 4.39 Å². The van der Waals surface area contributed by atoms with E-state index in [4.69, 9.17) is 18.9 Å². The number of hydrogen-bond donors (Lipinski definition) is 2. The number of aromatic nitrogens is 3. The largest absolute Gasteiger partial charge is 0.444 e. The number of aliphatic imine (C=N–C) groups is 2.